The normalized spacial score (nSPS) is 11.4. The molecule has 0 radical (unpaired) electrons. The lowest BCUT2D eigenvalue weighted by molar-refractivity contribution is 1.47. The Labute approximate surface area is 111 Å². The molecule has 2 heteroatoms. The average Bonchev–Trinajstić information content (AvgIpc) is 2.95. The first kappa shape index (κ1) is 11.3. The van der Waals surface area contributed by atoms with E-state index in [0.29, 0.717) is 5.57 Å². The van der Waals surface area contributed by atoms with Crippen molar-refractivity contribution in [1.29, 1.82) is 5.26 Å². The number of nitriles is 1. The van der Waals surface area contributed by atoms with Crippen molar-refractivity contribution in [2.45, 2.75) is 0 Å². The van der Waals surface area contributed by atoms with E-state index in [4.69, 9.17) is 0 Å². The van der Waals surface area contributed by atoms with Crippen LogP contribution < -0.4 is 0 Å². The SMILES string of the molecule is N#C/C(=C/c1cccc2cc[nH]c12)c1ccccc1. The van der Waals surface area contributed by atoms with Crippen LogP contribution in [0.25, 0.3) is 22.6 Å². The van der Waals surface area contributed by atoms with Crippen LogP contribution in [0.5, 0.6) is 0 Å². The molecule has 19 heavy (non-hydrogen) atoms. The lowest BCUT2D eigenvalue weighted by Crippen LogP contribution is -1.82. The van der Waals surface area contributed by atoms with Crippen LogP contribution in [0.4, 0.5) is 0 Å². The summed E-state index contributed by atoms with van der Waals surface area (Å²) in [7, 11) is 0. The van der Waals surface area contributed by atoms with Crippen molar-refractivity contribution in [3.8, 4) is 6.07 Å². The van der Waals surface area contributed by atoms with Gasteiger partial charge in [0.2, 0.25) is 0 Å². The number of hydrogen-bond acceptors (Lipinski definition) is 1. The average molecular weight is 244 g/mol. The van der Waals surface area contributed by atoms with Crippen molar-refractivity contribution in [3.05, 3.63) is 71.9 Å². The molecule has 3 aromatic rings. The monoisotopic (exact) mass is 244 g/mol. The molecule has 1 heterocycles. The highest BCUT2D eigenvalue weighted by Crippen LogP contribution is 2.22. The topological polar surface area (TPSA) is 39.6 Å². The number of hydrogen-bond donors (Lipinski definition) is 1. The van der Waals surface area contributed by atoms with Crippen molar-refractivity contribution in [3.63, 3.8) is 0 Å². The molecule has 0 bridgehead atoms. The van der Waals surface area contributed by atoms with E-state index in [0.717, 1.165) is 22.0 Å². The number of rotatable bonds is 2. The summed E-state index contributed by atoms with van der Waals surface area (Å²) in [6.45, 7) is 0. The van der Waals surface area contributed by atoms with Crippen molar-refractivity contribution in [1.82, 2.24) is 4.98 Å². The number of allylic oxidation sites excluding steroid dienone is 1. The molecule has 0 saturated heterocycles. The predicted molar refractivity (Wildman–Crippen MR) is 78.2 cm³/mol. The summed E-state index contributed by atoms with van der Waals surface area (Å²) in [6, 6.07) is 20.1. The Kier molecular flexibility index (Phi) is 2.88. The number of aromatic amines is 1. The smallest absolute Gasteiger partial charge is 0.0998 e. The number of nitrogens with zero attached hydrogens (tertiary/aromatic N) is 1. The van der Waals surface area contributed by atoms with Gasteiger partial charge in [-0.05, 0) is 28.7 Å². The highest BCUT2D eigenvalue weighted by Gasteiger charge is 2.03. The minimum Gasteiger partial charge on any atom is -0.361 e. The van der Waals surface area contributed by atoms with Gasteiger partial charge in [-0.15, -0.1) is 0 Å². The Morgan fingerprint density at radius 3 is 2.63 bits per heavy atom. The van der Waals surface area contributed by atoms with E-state index >= 15 is 0 Å². The molecule has 0 saturated carbocycles. The van der Waals surface area contributed by atoms with E-state index in [9.17, 15) is 5.26 Å². The molecule has 0 aliphatic heterocycles. The molecule has 0 unspecified atom stereocenters. The van der Waals surface area contributed by atoms with Crippen LogP contribution in [0.2, 0.25) is 0 Å². The maximum atomic E-state index is 9.33. The fourth-order valence-electron chi connectivity index (χ4n) is 2.18. The van der Waals surface area contributed by atoms with E-state index in [-0.39, 0.29) is 0 Å². The van der Waals surface area contributed by atoms with Crippen LogP contribution in [0.15, 0.2) is 60.8 Å². The highest BCUT2D eigenvalue weighted by atomic mass is 14.7. The zero-order chi connectivity index (χ0) is 13.1. The number of fused-ring (bicyclic) bond motifs is 1. The van der Waals surface area contributed by atoms with Gasteiger partial charge in [-0.1, -0.05) is 48.5 Å². The number of aromatic nitrogens is 1. The van der Waals surface area contributed by atoms with Crippen molar-refractivity contribution < 1.29 is 0 Å². The molecule has 2 nitrogen and oxygen atoms in total. The molecular formula is C17H12N2. The van der Waals surface area contributed by atoms with Crippen molar-refractivity contribution in [2.24, 2.45) is 0 Å². The second-order valence-corrected chi connectivity index (χ2v) is 4.32. The summed E-state index contributed by atoms with van der Waals surface area (Å²) < 4.78 is 0. The Morgan fingerprint density at radius 1 is 1.00 bits per heavy atom. The molecule has 0 aliphatic rings. The molecule has 2 aromatic carbocycles. The Morgan fingerprint density at radius 2 is 1.84 bits per heavy atom. The molecule has 0 amide bonds. The van der Waals surface area contributed by atoms with Crippen LogP contribution in [0.1, 0.15) is 11.1 Å². The maximum Gasteiger partial charge on any atom is 0.0998 e. The summed E-state index contributed by atoms with van der Waals surface area (Å²) in [5.74, 6) is 0. The third kappa shape index (κ3) is 2.14. The minimum absolute atomic E-state index is 0.669. The van der Waals surface area contributed by atoms with Gasteiger partial charge in [0.1, 0.15) is 0 Å². The molecule has 90 valence electrons. The summed E-state index contributed by atoms with van der Waals surface area (Å²) in [5, 5.41) is 10.5. The van der Waals surface area contributed by atoms with Crippen LogP contribution in [-0.4, -0.2) is 4.98 Å². The third-order valence-corrected chi connectivity index (χ3v) is 3.12. The summed E-state index contributed by atoms with van der Waals surface area (Å²) >= 11 is 0. The molecule has 0 spiro atoms. The zero-order valence-electron chi connectivity index (χ0n) is 10.3. The zero-order valence-corrected chi connectivity index (χ0v) is 10.3. The summed E-state index contributed by atoms with van der Waals surface area (Å²) in [4.78, 5) is 3.22. The van der Waals surface area contributed by atoms with Gasteiger partial charge < -0.3 is 4.98 Å². The quantitative estimate of drug-likeness (QED) is 0.531. The number of nitrogens with one attached hydrogen (secondary N) is 1. The van der Waals surface area contributed by atoms with Crippen molar-refractivity contribution in [2.75, 3.05) is 0 Å². The van der Waals surface area contributed by atoms with Crippen molar-refractivity contribution >= 4 is 22.6 Å². The van der Waals surface area contributed by atoms with Crippen LogP contribution in [-0.2, 0) is 0 Å². The van der Waals surface area contributed by atoms with Gasteiger partial charge >= 0.3 is 0 Å². The third-order valence-electron chi connectivity index (χ3n) is 3.12. The molecular weight excluding hydrogens is 232 g/mol. The van der Waals surface area contributed by atoms with Crippen LogP contribution in [0.3, 0.4) is 0 Å². The van der Waals surface area contributed by atoms with E-state index in [1.807, 2.05) is 60.8 Å². The largest absolute Gasteiger partial charge is 0.361 e. The Balaban J connectivity index is 2.14. The molecule has 0 atom stereocenters. The fourth-order valence-corrected chi connectivity index (χ4v) is 2.18. The number of H-pyrrole nitrogens is 1. The van der Waals surface area contributed by atoms with Crippen LogP contribution >= 0.6 is 0 Å². The lowest BCUT2D eigenvalue weighted by atomic mass is 10.0. The van der Waals surface area contributed by atoms with Gasteiger partial charge in [0, 0.05) is 6.20 Å². The second-order valence-electron chi connectivity index (χ2n) is 4.32. The first-order chi connectivity index (χ1) is 9.38. The van der Waals surface area contributed by atoms with Gasteiger partial charge in [0.25, 0.3) is 0 Å². The minimum atomic E-state index is 0.669. The number of benzene rings is 2. The van der Waals surface area contributed by atoms with E-state index < -0.39 is 0 Å². The standard InChI is InChI=1S/C17H12N2/c18-12-16(13-5-2-1-3-6-13)11-15-8-4-7-14-9-10-19-17(14)15/h1-11,19H/b16-11-. The van der Waals surface area contributed by atoms with Gasteiger partial charge in [-0.2, -0.15) is 5.26 Å². The predicted octanol–water partition coefficient (Wildman–Crippen LogP) is 4.23. The highest BCUT2D eigenvalue weighted by molar-refractivity contribution is 5.96. The van der Waals surface area contributed by atoms with Gasteiger partial charge in [-0.25, -0.2) is 0 Å². The fraction of sp³-hybridized carbons (Fsp3) is 0. The second kappa shape index (κ2) is 4.83. The maximum absolute atomic E-state index is 9.33. The first-order valence-electron chi connectivity index (χ1n) is 6.12. The van der Waals surface area contributed by atoms with E-state index in [1.165, 1.54) is 0 Å². The van der Waals surface area contributed by atoms with Gasteiger partial charge in [0.15, 0.2) is 0 Å². The van der Waals surface area contributed by atoms with E-state index in [2.05, 4.69) is 17.1 Å². The van der Waals surface area contributed by atoms with Gasteiger partial charge in [-0.3, -0.25) is 0 Å². The van der Waals surface area contributed by atoms with Crippen LogP contribution in [0, 0.1) is 11.3 Å². The van der Waals surface area contributed by atoms with Gasteiger partial charge in [0.05, 0.1) is 17.2 Å². The summed E-state index contributed by atoms with van der Waals surface area (Å²) in [6.07, 6.45) is 3.84. The molecule has 3 rings (SSSR count). The summed E-state index contributed by atoms with van der Waals surface area (Å²) in [5.41, 5.74) is 3.70. The molecule has 0 aliphatic carbocycles. The number of para-hydroxylation sites is 1. The molecule has 1 N–H and O–H groups in total. The Bertz CT molecular complexity index is 774. The Hall–Kier alpha value is -2.79. The molecule has 0 fully saturated rings. The first-order valence-corrected chi connectivity index (χ1v) is 6.12. The lowest BCUT2D eigenvalue weighted by Gasteiger charge is -2.01. The van der Waals surface area contributed by atoms with E-state index in [1.54, 1.807) is 0 Å². The molecule has 1 aromatic heterocycles.